The van der Waals surface area contributed by atoms with E-state index in [-0.39, 0.29) is 5.92 Å². The molecule has 6 aromatic carbocycles. The zero-order valence-corrected chi connectivity index (χ0v) is 25.6. The van der Waals surface area contributed by atoms with Crippen LogP contribution >= 0.6 is 11.3 Å². The van der Waals surface area contributed by atoms with Crippen molar-refractivity contribution in [2.24, 2.45) is 0 Å². The van der Waals surface area contributed by atoms with E-state index in [4.69, 9.17) is 9.97 Å². The van der Waals surface area contributed by atoms with Crippen LogP contribution in [0.5, 0.6) is 0 Å². The predicted octanol–water partition coefficient (Wildman–Crippen LogP) is 10.7. The van der Waals surface area contributed by atoms with Gasteiger partial charge in [-0.2, -0.15) is 0 Å². The first-order valence-corrected chi connectivity index (χ1v) is 16.4. The van der Waals surface area contributed by atoms with Gasteiger partial charge in [-0.3, -0.25) is 4.57 Å². The Kier molecular flexibility index (Phi) is 5.48. The second-order valence-corrected chi connectivity index (χ2v) is 13.0. The molecule has 0 fully saturated rings. The highest BCUT2D eigenvalue weighted by Crippen LogP contribution is 2.47. The number of nitrogens with zero attached hydrogens (tertiary/aromatic N) is 3. The Morgan fingerprint density at radius 2 is 1.48 bits per heavy atom. The van der Waals surface area contributed by atoms with Gasteiger partial charge in [0.25, 0.3) is 0 Å². The maximum atomic E-state index is 5.43. The van der Waals surface area contributed by atoms with Crippen LogP contribution in [0, 0.1) is 12.1 Å². The quantitative estimate of drug-likeness (QED) is 0.201. The normalized spacial score (nSPS) is 14.4. The second kappa shape index (κ2) is 9.87. The van der Waals surface area contributed by atoms with Crippen LogP contribution in [0.4, 0.5) is 0 Å². The Hall–Kier alpha value is -5.76. The van der Waals surface area contributed by atoms with Gasteiger partial charge in [0.05, 0.1) is 27.1 Å². The smallest absolute Gasteiger partial charge is 0.235 e. The third-order valence-corrected chi connectivity index (χ3v) is 10.6. The molecule has 0 amide bonds. The summed E-state index contributed by atoms with van der Waals surface area (Å²) in [6, 6.07) is 49.2. The van der Waals surface area contributed by atoms with Gasteiger partial charge in [0.2, 0.25) is 5.95 Å². The van der Waals surface area contributed by atoms with Gasteiger partial charge < -0.3 is 0 Å². The van der Waals surface area contributed by atoms with Crippen LogP contribution in [-0.2, 0) is 6.42 Å². The van der Waals surface area contributed by atoms with Crippen molar-refractivity contribution < 1.29 is 0 Å². The van der Waals surface area contributed by atoms with E-state index >= 15 is 0 Å². The predicted molar refractivity (Wildman–Crippen MR) is 192 cm³/mol. The van der Waals surface area contributed by atoms with Crippen LogP contribution < -0.4 is 0 Å². The Morgan fingerprint density at radius 3 is 2.35 bits per heavy atom. The Morgan fingerprint density at radius 1 is 0.717 bits per heavy atom. The van der Waals surface area contributed by atoms with Crippen molar-refractivity contribution >= 4 is 70.2 Å². The number of para-hydroxylation sites is 1. The van der Waals surface area contributed by atoms with E-state index in [9.17, 15) is 0 Å². The SMILES string of the molecule is c1ccc(-c2cc(C3C=Cc4ccccc4C3)nc(-n3c4ccccc4c4c5ccccc5c5c6ccccc6sc5c43)n2)cc#1. The number of hydrogen-bond donors (Lipinski definition) is 0. The third kappa shape index (κ3) is 3.73. The minimum absolute atomic E-state index is 0.132. The average molecular weight is 604 g/mol. The molecule has 46 heavy (non-hydrogen) atoms. The number of thiophene rings is 1. The van der Waals surface area contributed by atoms with E-state index in [0.29, 0.717) is 5.95 Å². The average Bonchev–Trinajstić information content (AvgIpc) is 3.69. The fourth-order valence-corrected chi connectivity index (χ4v) is 8.60. The van der Waals surface area contributed by atoms with Crippen LogP contribution in [0.3, 0.4) is 0 Å². The molecule has 1 unspecified atom stereocenters. The zero-order valence-electron chi connectivity index (χ0n) is 24.7. The molecule has 1 atom stereocenters. The third-order valence-electron chi connectivity index (χ3n) is 9.42. The van der Waals surface area contributed by atoms with E-state index in [1.165, 1.54) is 52.8 Å². The number of hydrogen-bond acceptors (Lipinski definition) is 3. The van der Waals surface area contributed by atoms with Gasteiger partial charge in [-0.25, -0.2) is 9.97 Å². The lowest BCUT2D eigenvalue weighted by molar-refractivity contribution is 0.779. The van der Waals surface area contributed by atoms with Crippen LogP contribution in [-0.4, -0.2) is 14.5 Å². The topological polar surface area (TPSA) is 30.7 Å². The summed E-state index contributed by atoms with van der Waals surface area (Å²) in [7, 11) is 0. The van der Waals surface area contributed by atoms with E-state index in [2.05, 4.69) is 138 Å². The van der Waals surface area contributed by atoms with Crippen LogP contribution in [0.1, 0.15) is 22.7 Å². The molecule has 214 valence electrons. The Labute approximate surface area is 269 Å². The molecule has 10 rings (SSSR count). The fraction of sp³-hybridized carbons (Fsp3) is 0.0476. The number of fused-ring (bicyclic) bond motifs is 11. The van der Waals surface area contributed by atoms with E-state index < -0.39 is 0 Å². The van der Waals surface area contributed by atoms with Crippen LogP contribution in [0.15, 0.2) is 127 Å². The molecule has 1 aliphatic rings. The van der Waals surface area contributed by atoms with E-state index in [1.807, 2.05) is 23.5 Å². The monoisotopic (exact) mass is 603 g/mol. The summed E-state index contributed by atoms with van der Waals surface area (Å²) in [6.45, 7) is 0. The molecule has 4 heteroatoms. The number of benzene rings is 5. The minimum atomic E-state index is 0.132. The summed E-state index contributed by atoms with van der Waals surface area (Å²) in [4.78, 5) is 10.8. The molecular weight excluding hydrogens is 579 g/mol. The lowest BCUT2D eigenvalue weighted by Crippen LogP contribution is -2.11. The lowest BCUT2D eigenvalue weighted by Gasteiger charge is -2.20. The van der Waals surface area contributed by atoms with Gasteiger partial charge in [-0.1, -0.05) is 109 Å². The molecule has 0 bridgehead atoms. The van der Waals surface area contributed by atoms with Crippen LogP contribution in [0.25, 0.3) is 76.0 Å². The maximum Gasteiger partial charge on any atom is 0.235 e. The summed E-state index contributed by atoms with van der Waals surface area (Å²) in [5.41, 5.74) is 7.79. The van der Waals surface area contributed by atoms with Crippen LogP contribution in [0.2, 0.25) is 0 Å². The standard InChI is InChI=1S/C42H25N3S/c1-2-13-27(14-3-1)34-25-35(29-23-22-26-12-4-5-15-28(26)24-29)44-42(43-34)45-36-20-10-8-18-32(36)38-30-16-6-7-17-31(30)39-33-19-9-11-21-37(33)46-41(39)40(38)45/h2,4-23,25,29H,24H2. The van der Waals surface area contributed by atoms with Crippen molar-refractivity contribution in [3.8, 4) is 17.2 Å². The molecule has 0 radical (unpaired) electrons. The molecule has 1 aliphatic carbocycles. The summed E-state index contributed by atoms with van der Waals surface area (Å²) < 4.78 is 4.86. The first-order chi connectivity index (χ1) is 22.8. The highest BCUT2D eigenvalue weighted by atomic mass is 32.1. The van der Waals surface area contributed by atoms with Crippen molar-refractivity contribution in [1.29, 1.82) is 0 Å². The van der Waals surface area contributed by atoms with Gasteiger partial charge >= 0.3 is 0 Å². The van der Waals surface area contributed by atoms with Gasteiger partial charge in [0, 0.05) is 37.7 Å². The van der Waals surface area contributed by atoms with E-state index in [0.717, 1.165) is 34.4 Å². The number of rotatable bonds is 3. The molecule has 3 nitrogen and oxygen atoms in total. The number of allylic oxidation sites excluding steroid dienone is 1. The largest absolute Gasteiger partial charge is 0.276 e. The minimum Gasteiger partial charge on any atom is -0.276 e. The summed E-state index contributed by atoms with van der Waals surface area (Å²) in [5, 5.41) is 7.56. The molecule has 0 spiro atoms. The molecule has 0 N–H and O–H groups in total. The first-order valence-electron chi connectivity index (χ1n) is 15.6. The zero-order chi connectivity index (χ0) is 30.2. The highest BCUT2D eigenvalue weighted by molar-refractivity contribution is 7.27. The Balaban J connectivity index is 1.34. The fourth-order valence-electron chi connectivity index (χ4n) is 7.34. The molecule has 9 aromatic rings. The van der Waals surface area contributed by atoms with Crippen molar-refractivity contribution in [3.63, 3.8) is 0 Å². The summed E-state index contributed by atoms with van der Waals surface area (Å²) in [6.07, 6.45) is 5.44. The van der Waals surface area contributed by atoms with Crippen molar-refractivity contribution in [2.45, 2.75) is 12.3 Å². The molecule has 0 saturated heterocycles. The van der Waals surface area contributed by atoms with Gasteiger partial charge in [0.1, 0.15) is 0 Å². The molecule has 0 aliphatic heterocycles. The molecular formula is C42H25N3S. The van der Waals surface area contributed by atoms with Crippen molar-refractivity contribution in [2.75, 3.05) is 0 Å². The van der Waals surface area contributed by atoms with Gasteiger partial charge in [0.15, 0.2) is 0 Å². The van der Waals surface area contributed by atoms with Crippen molar-refractivity contribution in [3.05, 3.63) is 156 Å². The summed E-state index contributed by atoms with van der Waals surface area (Å²) >= 11 is 1.86. The van der Waals surface area contributed by atoms with Gasteiger partial charge in [-0.05, 0) is 64.7 Å². The maximum absolute atomic E-state index is 5.43. The molecule has 0 saturated carbocycles. The van der Waals surface area contributed by atoms with E-state index in [1.54, 1.807) is 0 Å². The molecule has 3 aromatic heterocycles. The van der Waals surface area contributed by atoms with Gasteiger partial charge in [-0.15, -0.1) is 11.3 Å². The number of aromatic nitrogens is 3. The first kappa shape index (κ1) is 25.6. The second-order valence-electron chi connectivity index (χ2n) is 12.0. The lowest BCUT2D eigenvalue weighted by atomic mass is 9.87. The van der Waals surface area contributed by atoms with Crippen molar-refractivity contribution in [1.82, 2.24) is 14.5 Å². The molecule has 3 heterocycles. The summed E-state index contributed by atoms with van der Waals surface area (Å²) in [5.74, 6) is 0.820. The Bertz CT molecular complexity index is 2680. The highest BCUT2D eigenvalue weighted by Gasteiger charge is 2.25.